The van der Waals surface area contributed by atoms with Crippen molar-refractivity contribution in [1.29, 1.82) is 0 Å². The third-order valence-corrected chi connectivity index (χ3v) is 7.83. The molecule has 0 saturated carbocycles. The van der Waals surface area contributed by atoms with Gasteiger partial charge in [-0.3, -0.25) is 0 Å². The van der Waals surface area contributed by atoms with Gasteiger partial charge in [0.05, 0.1) is 15.9 Å². The van der Waals surface area contributed by atoms with E-state index in [4.69, 9.17) is 0 Å². The molecule has 0 unspecified atom stereocenters. The molecule has 8 heteroatoms. The van der Waals surface area contributed by atoms with Gasteiger partial charge in [-0.15, -0.1) is 4.85 Å². The van der Waals surface area contributed by atoms with Gasteiger partial charge in [0.15, 0.2) is 0 Å². The average Bonchev–Trinajstić information content (AvgIpc) is 2.72. The molecule has 3 rings (SSSR count). The first-order valence-electron chi connectivity index (χ1n) is 9.07. The topological polar surface area (TPSA) is 4.36 Å². The van der Waals surface area contributed by atoms with Crippen molar-refractivity contribution >= 4 is 37.3 Å². The Labute approximate surface area is 170 Å². The van der Waals surface area contributed by atoms with Gasteiger partial charge in [-0.2, -0.15) is 0 Å². The Morgan fingerprint density at radius 2 is 1.03 bits per heavy atom. The van der Waals surface area contributed by atoms with E-state index < -0.39 is 14.4 Å². The molecule has 0 spiro atoms. The largest absolute Gasteiger partial charge is 0.673 e. The highest BCUT2D eigenvalue weighted by Crippen LogP contribution is 2.53. The molecule has 0 fully saturated rings. The molecule has 1 nitrogen and oxygen atoms in total. The number of nitrogens with zero attached hydrogens (tertiary/aromatic N) is 1. The fourth-order valence-electron chi connectivity index (χ4n) is 2.88. The van der Waals surface area contributed by atoms with Crippen molar-refractivity contribution in [2.24, 2.45) is 0 Å². The van der Waals surface area contributed by atoms with Crippen LogP contribution in [0.15, 0.2) is 91.0 Å². The van der Waals surface area contributed by atoms with E-state index in [9.17, 15) is 17.3 Å². The van der Waals surface area contributed by atoms with Crippen LogP contribution >= 0.6 is 7.14 Å². The first kappa shape index (κ1) is 22.7. The highest BCUT2D eigenvalue weighted by molar-refractivity contribution is 8.16. The fraction of sp³-hybridized carbons (Fsp3) is 0.0952. The minimum absolute atomic E-state index is 0.745. The molecule has 0 aliphatic heterocycles. The van der Waals surface area contributed by atoms with E-state index in [0.29, 0.717) is 0 Å². The first-order chi connectivity index (χ1) is 13.9. The van der Waals surface area contributed by atoms with Crippen LogP contribution in [-0.2, 0) is 0 Å². The van der Waals surface area contributed by atoms with E-state index in [1.807, 2.05) is 6.92 Å². The van der Waals surface area contributed by atoms with E-state index in [2.05, 4.69) is 109 Å². The van der Waals surface area contributed by atoms with Crippen LogP contribution in [0.5, 0.6) is 0 Å². The van der Waals surface area contributed by atoms with E-state index in [1.54, 1.807) is 0 Å². The van der Waals surface area contributed by atoms with Gasteiger partial charge >= 0.3 is 7.25 Å². The Morgan fingerprint density at radius 1 is 0.724 bits per heavy atom. The summed E-state index contributed by atoms with van der Waals surface area (Å²) in [6.45, 7) is 4.99. The van der Waals surface area contributed by atoms with Crippen LogP contribution in [0.2, 0.25) is 0 Å². The molecule has 2 radical (unpaired) electrons. The van der Waals surface area contributed by atoms with Crippen LogP contribution in [0.4, 0.5) is 17.3 Å². The quantitative estimate of drug-likeness (QED) is 0.313. The van der Waals surface area contributed by atoms with E-state index in [-0.39, 0.29) is 0 Å². The molecule has 0 N–H and O–H groups in total. The molecular weight excluding hydrogens is 395 g/mol. The van der Waals surface area contributed by atoms with Crippen LogP contribution in [0.25, 0.3) is 4.85 Å². The van der Waals surface area contributed by atoms with Crippen LogP contribution in [0.1, 0.15) is 6.92 Å². The maximum Gasteiger partial charge on any atom is 0.673 e. The molecule has 0 atom stereocenters. The van der Waals surface area contributed by atoms with E-state index in [0.717, 1.165) is 6.54 Å². The van der Waals surface area contributed by atoms with Crippen LogP contribution in [0.3, 0.4) is 0 Å². The molecule has 0 aliphatic carbocycles. The van der Waals surface area contributed by atoms with Gasteiger partial charge in [-0.05, 0) is 36.4 Å². The predicted octanol–water partition coefficient (Wildman–Crippen LogP) is 5.21. The van der Waals surface area contributed by atoms with E-state index in [1.165, 1.54) is 15.9 Å². The molecule has 3 aromatic carbocycles. The van der Waals surface area contributed by atoms with Crippen molar-refractivity contribution in [1.82, 2.24) is 0 Å². The Morgan fingerprint density at radius 3 is 1.31 bits per heavy atom. The highest BCUT2D eigenvalue weighted by atomic mass is 31.2. The van der Waals surface area contributed by atoms with Gasteiger partial charge < -0.3 is 17.3 Å². The molecule has 29 heavy (non-hydrogen) atoms. The lowest BCUT2D eigenvalue weighted by atomic mass is 10.2. The number of rotatable bonds is 4. The second kappa shape index (κ2) is 10.8. The van der Waals surface area contributed by atoms with Gasteiger partial charge in [-0.1, -0.05) is 61.7 Å². The Bertz CT molecular complexity index is 824. The minimum Gasteiger partial charge on any atom is -0.418 e. The second-order valence-corrected chi connectivity index (χ2v) is 9.21. The number of hydrogen-bond donors (Lipinski definition) is 0. The maximum atomic E-state index is 9.75. The number of hydrogen-bond acceptors (Lipinski definition) is 0. The summed E-state index contributed by atoms with van der Waals surface area (Å²) < 4.78 is 39.0. The van der Waals surface area contributed by atoms with E-state index >= 15 is 0 Å². The summed E-state index contributed by atoms with van der Waals surface area (Å²) in [6.07, 6.45) is 0. The summed E-state index contributed by atoms with van der Waals surface area (Å²) in [4.78, 5) is 4.36. The molecular formula is C21H20B2F4NP. The molecule has 0 aromatic heterocycles. The fourth-order valence-corrected chi connectivity index (χ4v) is 6.40. The first-order valence-corrected chi connectivity index (χ1v) is 10.9. The molecule has 3 aromatic rings. The van der Waals surface area contributed by atoms with Crippen molar-refractivity contribution in [2.75, 3.05) is 6.54 Å². The van der Waals surface area contributed by atoms with Gasteiger partial charge in [0.1, 0.15) is 7.00 Å². The Hall–Kier alpha value is -2.57. The van der Waals surface area contributed by atoms with Crippen molar-refractivity contribution in [3.63, 3.8) is 0 Å². The highest BCUT2D eigenvalue weighted by Gasteiger charge is 2.35. The van der Waals surface area contributed by atoms with Crippen molar-refractivity contribution in [3.8, 4) is 5.97 Å². The van der Waals surface area contributed by atoms with Gasteiger partial charge in [0, 0.05) is 12.9 Å². The van der Waals surface area contributed by atoms with Gasteiger partial charge in [-0.25, -0.2) is 0 Å². The molecule has 0 saturated heterocycles. The van der Waals surface area contributed by atoms with Gasteiger partial charge in [0.2, 0.25) is 0 Å². The number of benzene rings is 3. The van der Waals surface area contributed by atoms with Crippen LogP contribution < -0.4 is 15.9 Å². The van der Waals surface area contributed by atoms with Crippen molar-refractivity contribution in [3.05, 3.63) is 95.8 Å². The summed E-state index contributed by atoms with van der Waals surface area (Å²) in [5.41, 5.74) is 0. The summed E-state index contributed by atoms with van der Waals surface area (Å²) in [7, 11) is -7.91. The average molecular weight is 415 g/mol. The lowest BCUT2D eigenvalue weighted by molar-refractivity contribution is 0.368. The summed E-state index contributed by atoms with van der Waals surface area (Å²) in [5.74, 6) is 3.22. The minimum atomic E-state index is -6.00. The zero-order valence-corrected chi connectivity index (χ0v) is 16.8. The zero-order chi connectivity index (χ0) is 21.2. The molecule has 0 heterocycles. The Balaban J connectivity index is 0.000000537. The lowest BCUT2D eigenvalue weighted by Crippen LogP contribution is -2.34. The van der Waals surface area contributed by atoms with Crippen LogP contribution in [-0.4, -0.2) is 20.8 Å². The summed E-state index contributed by atoms with van der Waals surface area (Å²) in [5, 5.41) is 3.96. The molecule has 148 valence electrons. The zero-order valence-electron chi connectivity index (χ0n) is 15.9. The third-order valence-electron chi connectivity index (χ3n) is 3.99. The summed E-state index contributed by atoms with van der Waals surface area (Å²) >= 11 is 0. The lowest BCUT2D eigenvalue weighted by Gasteiger charge is -2.34. The smallest absolute Gasteiger partial charge is 0.418 e. The number of halogens is 4. The normalized spacial score (nSPS) is 10.9. The van der Waals surface area contributed by atoms with Crippen molar-refractivity contribution in [2.45, 2.75) is 6.92 Å². The monoisotopic (exact) mass is 415 g/mol. The SMILES string of the molecule is CC[N+]#C[B-][P+](c1ccccc1)(c1ccccc1)c1ccccc1.F[B-](F)(F)F. The Kier molecular flexibility index (Phi) is 8.49. The summed E-state index contributed by atoms with van der Waals surface area (Å²) in [6, 6.07) is 32.2. The van der Waals surface area contributed by atoms with Gasteiger partial charge in [0.25, 0.3) is 6.54 Å². The molecule has 0 aliphatic rings. The van der Waals surface area contributed by atoms with Crippen LogP contribution in [0, 0.1) is 5.97 Å². The predicted molar refractivity (Wildman–Crippen MR) is 119 cm³/mol. The second-order valence-electron chi connectivity index (χ2n) is 5.96. The van der Waals surface area contributed by atoms with Crippen molar-refractivity contribution < 1.29 is 17.3 Å². The maximum absolute atomic E-state index is 9.75. The third kappa shape index (κ3) is 6.76. The standard InChI is InChI=1S/C21H20BNP.BF4/c1-2-23-18-22-24(19-12-6-3-7-13-19,20-14-8-4-9-15-20)21-16-10-5-11-17-21;2-1(3,4)5/h3-17H,2H2,1H3;/q+1;-1. The molecule has 0 amide bonds. The molecule has 0 bridgehead atoms.